The Hall–Kier alpha value is -0.610. The Kier molecular flexibility index (Phi) is 2.93. The van der Waals surface area contributed by atoms with E-state index in [1.807, 2.05) is 0 Å². The van der Waals surface area contributed by atoms with Gasteiger partial charge in [-0.2, -0.15) is 0 Å². The van der Waals surface area contributed by atoms with Gasteiger partial charge >= 0.3 is 5.97 Å². The molecule has 0 saturated carbocycles. The summed E-state index contributed by atoms with van der Waals surface area (Å²) in [6, 6.07) is -0.311. The molecule has 0 aromatic carbocycles. The summed E-state index contributed by atoms with van der Waals surface area (Å²) >= 11 is 0. The fraction of sp³-hybridized carbons (Fsp3) is 0.889. The number of hydrogen-bond acceptors (Lipinski definition) is 4. The fourth-order valence-corrected chi connectivity index (χ4v) is 1.25. The molecule has 4 heteroatoms. The van der Waals surface area contributed by atoms with E-state index < -0.39 is 0 Å². The quantitative estimate of drug-likeness (QED) is 0.608. The van der Waals surface area contributed by atoms with Crippen LogP contribution in [-0.4, -0.2) is 32.0 Å². The minimum absolute atomic E-state index is 0.00275. The first kappa shape index (κ1) is 10.5. The zero-order chi connectivity index (χ0) is 10.1. The molecule has 0 amide bonds. The maximum Gasteiger partial charge on any atom is 0.325 e. The summed E-state index contributed by atoms with van der Waals surface area (Å²) in [6.07, 6.45) is -0.0726. The second-order valence-corrected chi connectivity index (χ2v) is 4.32. The first-order valence-electron chi connectivity index (χ1n) is 4.40. The van der Waals surface area contributed by atoms with E-state index in [9.17, 15) is 4.79 Å². The second-order valence-electron chi connectivity index (χ2n) is 4.32. The van der Waals surface area contributed by atoms with Gasteiger partial charge in [0.2, 0.25) is 0 Å². The van der Waals surface area contributed by atoms with E-state index in [1.54, 1.807) is 0 Å². The third kappa shape index (κ3) is 2.42. The second kappa shape index (κ2) is 3.64. The standard InChI is InChI=1S/C9H17NO3/c1-9(2,3)8-10-6(5-13-8)7(11)12-4/h6,8,10H,5H2,1-4H3/t6?,8-/m1/s1. The summed E-state index contributed by atoms with van der Waals surface area (Å²) in [4.78, 5) is 11.1. The van der Waals surface area contributed by atoms with E-state index in [1.165, 1.54) is 7.11 Å². The van der Waals surface area contributed by atoms with Gasteiger partial charge in [0.15, 0.2) is 0 Å². The summed E-state index contributed by atoms with van der Waals surface area (Å²) in [5.41, 5.74) is 0.00275. The van der Waals surface area contributed by atoms with Gasteiger partial charge < -0.3 is 9.47 Å². The molecule has 13 heavy (non-hydrogen) atoms. The predicted octanol–water partition coefficient (Wildman–Crippen LogP) is 0.520. The molecule has 76 valence electrons. The van der Waals surface area contributed by atoms with Gasteiger partial charge in [-0.1, -0.05) is 20.8 Å². The Labute approximate surface area is 78.6 Å². The lowest BCUT2D eigenvalue weighted by Crippen LogP contribution is -2.43. The maximum absolute atomic E-state index is 11.1. The molecule has 1 N–H and O–H groups in total. The van der Waals surface area contributed by atoms with Gasteiger partial charge in [0.1, 0.15) is 12.3 Å². The monoisotopic (exact) mass is 187 g/mol. The average molecular weight is 187 g/mol. The molecular formula is C9H17NO3. The van der Waals surface area contributed by atoms with Crippen molar-refractivity contribution in [1.29, 1.82) is 0 Å². The zero-order valence-electron chi connectivity index (χ0n) is 8.59. The topological polar surface area (TPSA) is 47.6 Å². The molecule has 0 radical (unpaired) electrons. The van der Waals surface area contributed by atoms with Crippen molar-refractivity contribution in [3.63, 3.8) is 0 Å². The van der Waals surface area contributed by atoms with Crippen LogP contribution in [0.3, 0.4) is 0 Å². The van der Waals surface area contributed by atoms with Crippen LogP contribution in [0.5, 0.6) is 0 Å². The Morgan fingerprint density at radius 3 is 2.54 bits per heavy atom. The molecule has 0 bridgehead atoms. The van der Waals surface area contributed by atoms with Crippen LogP contribution in [0.2, 0.25) is 0 Å². The number of hydrogen-bond donors (Lipinski definition) is 1. The fourth-order valence-electron chi connectivity index (χ4n) is 1.25. The molecule has 0 spiro atoms. The smallest absolute Gasteiger partial charge is 0.325 e. The van der Waals surface area contributed by atoms with Crippen molar-refractivity contribution in [1.82, 2.24) is 5.32 Å². The first-order chi connectivity index (χ1) is 5.95. The summed E-state index contributed by atoms with van der Waals surface area (Å²) < 4.78 is 10.1. The molecule has 0 aromatic heterocycles. The molecule has 0 aromatic rings. The SMILES string of the molecule is COC(=O)C1CO[C@H](C(C)(C)C)N1. The highest BCUT2D eigenvalue weighted by atomic mass is 16.5. The van der Waals surface area contributed by atoms with Crippen molar-refractivity contribution in [2.24, 2.45) is 5.41 Å². The molecule has 1 aliphatic rings. The molecule has 1 heterocycles. The lowest BCUT2D eigenvalue weighted by atomic mass is 9.94. The van der Waals surface area contributed by atoms with Gasteiger partial charge in [0.25, 0.3) is 0 Å². The number of esters is 1. The average Bonchev–Trinajstić information content (AvgIpc) is 2.50. The van der Waals surface area contributed by atoms with Crippen molar-refractivity contribution in [3.8, 4) is 0 Å². The van der Waals surface area contributed by atoms with Gasteiger partial charge in [0.05, 0.1) is 13.7 Å². The molecule has 1 saturated heterocycles. The highest BCUT2D eigenvalue weighted by Crippen LogP contribution is 2.24. The van der Waals surface area contributed by atoms with Gasteiger partial charge in [-0.25, -0.2) is 0 Å². The third-order valence-electron chi connectivity index (χ3n) is 2.05. The Morgan fingerprint density at radius 1 is 1.54 bits per heavy atom. The summed E-state index contributed by atoms with van der Waals surface area (Å²) in [5.74, 6) is -0.258. The molecule has 2 atom stereocenters. The van der Waals surface area contributed by atoms with Gasteiger partial charge in [-0.15, -0.1) is 0 Å². The normalized spacial score (nSPS) is 28.9. The Balaban J connectivity index is 2.50. The minimum atomic E-state index is -0.311. The molecule has 1 aliphatic heterocycles. The zero-order valence-corrected chi connectivity index (χ0v) is 8.59. The predicted molar refractivity (Wildman–Crippen MR) is 48.1 cm³/mol. The van der Waals surface area contributed by atoms with Crippen molar-refractivity contribution >= 4 is 5.97 Å². The van der Waals surface area contributed by atoms with Crippen LogP contribution in [0.15, 0.2) is 0 Å². The van der Waals surface area contributed by atoms with Crippen molar-refractivity contribution in [3.05, 3.63) is 0 Å². The van der Waals surface area contributed by atoms with Crippen molar-refractivity contribution in [2.45, 2.75) is 33.0 Å². The van der Waals surface area contributed by atoms with E-state index >= 15 is 0 Å². The molecule has 1 unspecified atom stereocenters. The lowest BCUT2D eigenvalue weighted by molar-refractivity contribution is -0.142. The first-order valence-corrected chi connectivity index (χ1v) is 4.40. The van der Waals surface area contributed by atoms with Gasteiger partial charge in [-0.3, -0.25) is 10.1 Å². The lowest BCUT2D eigenvalue weighted by Gasteiger charge is -2.26. The Bertz CT molecular complexity index is 198. The van der Waals surface area contributed by atoms with E-state index in [-0.39, 0.29) is 23.7 Å². The van der Waals surface area contributed by atoms with Crippen LogP contribution in [0.1, 0.15) is 20.8 Å². The van der Waals surface area contributed by atoms with E-state index in [4.69, 9.17) is 4.74 Å². The summed E-state index contributed by atoms with van der Waals surface area (Å²) in [5, 5.41) is 3.08. The number of carbonyl (C=O) groups is 1. The molecule has 1 fully saturated rings. The number of rotatable bonds is 1. The number of methoxy groups -OCH3 is 1. The summed E-state index contributed by atoms with van der Waals surface area (Å²) in [7, 11) is 1.38. The van der Waals surface area contributed by atoms with Crippen LogP contribution in [0.4, 0.5) is 0 Å². The number of nitrogens with one attached hydrogen (secondary N) is 1. The van der Waals surface area contributed by atoms with E-state index in [0.717, 1.165) is 0 Å². The highest BCUT2D eigenvalue weighted by Gasteiger charge is 2.36. The van der Waals surface area contributed by atoms with Crippen molar-refractivity contribution in [2.75, 3.05) is 13.7 Å². The van der Waals surface area contributed by atoms with E-state index in [0.29, 0.717) is 6.61 Å². The third-order valence-corrected chi connectivity index (χ3v) is 2.05. The minimum Gasteiger partial charge on any atom is -0.468 e. The molecular weight excluding hydrogens is 170 g/mol. The van der Waals surface area contributed by atoms with Gasteiger partial charge in [0, 0.05) is 5.41 Å². The highest BCUT2D eigenvalue weighted by molar-refractivity contribution is 5.76. The van der Waals surface area contributed by atoms with Crippen LogP contribution in [0.25, 0.3) is 0 Å². The van der Waals surface area contributed by atoms with Crippen LogP contribution in [0, 0.1) is 5.41 Å². The number of carbonyl (C=O) groups excluding carboxylic acids is 1. The Morgan fingerprint density at radius 2 is 2.15 bits per heavy atom. The van der Waals surface area contributed by atoms with Crippen molar-refractivity contribution < 1.29 is 14.3 Å². The van der Waals surface area contributed by atoms with Gasteiger partial charge in [-0.05, 0) is 0 Å². The van der Waals surface area contributed by atoms with Crippen LogP contribution >= 0.6 is 0 Å². The maximum atomic E-state index is 11.1. The largest absolute Gasteiger partial charge is 0.468 e. The molecule has 0 aliphatic carbocycles. The van der Waals surface area contributed by atoms with Crippen LogP contribution < -0.4 is 5.32 Å². The molecule has 4 nitrogen and oxygen atoms in total. The molecule has 1 rings (SSSR count). The number of ether oxygens (including phenoxy) is 2. The van der Waals surface area contributed by atoms with Crippen LogP contribution in [-0.2, 0) is 14.3 Å². The van der Waals surface area contributed by atoms with E-state index in [2.05, 4.69) is 30.8 Å². The summed E-state index contributed by atoms with van der Waals surface area (Å²) in [6.45, 7) is 6.58.